The summed E-state index contributed by atoms with van der Waals surface area (Å²) < 4.78 is 6.36. The van der Waals surface area contributed by atoms with E-state index < -0.39 is 0 Å². The van der Waals surface area contributed by atoms with E-state index in [9.17, 15) is 0 Å². The average Bonchev–Trinajstić information content (AvgIpc) is 2.27. The van der Waals surface area contributed by atoms with Gasteiger partial charge in [0, 0.05) is 35.7 Å². The van der Waals surface area contributed by atoms with E-state index in [0.717, 1.165) is 23.4 Å². The molecule has 0 N–H and O–H groups in total. The summed E-state index contributed by atoms with van der Waals surface area (Å²) in [4.78, 5) is 6.71. The van der Waals surface area contributed by atoms with Crippen molar-refractivity contribution in [2.75, 3.05) is 20.1 Å². The molecule has 3 nitrogen and oxygen atoms in total. The molecule has 1 fully saturated rings. The maximum absolute atomic E-state index is 5.52. The molecule has 0 aromatic carbocycles. The van der Waals surface area contributed by atoms with Crippen LogP contribution < -0.4 is 0 Å². The summed E-state index contributed by atoms with van der Waals surface area (Å²) >= 11 is 2.15. The Hall–Kier alpha value is 0.160. The molecule has 1 saturated heterocycles. The number of rotatable bonds is 0. The molecule has 2 unspecified atom stereocenters. The lowest BCUT2D eigenvalue weighted by atomic mass is 10.0. The van der Waals surface area contributed by atoms with E-state index in [1.165, 1.54) is 0 Å². The summed E-state index contributed by atoms with van der Waals surface area (Å²) in [5.41, 5.74) is 0. The topological polar surface area (TPSA) is 24.8 Å². The second-order valence-corrected chi connectivity index (χ2v) is 4.08. The molecule has 62 valence electrons. The lowest BCUT2D eigenvalue weighted by Crippen LogP contribution is -2.42. The van der Waals surface area contributed by atoms with Gasteiger partial charge in [0.1, 0.15) is 12.1 Å². The fourth-order valence-electron chi connectivity index (χ4n) is 1.62. The maximum Gasteiger partial charge on any atom is 0.248 e. The predicted octanol–water partition coefficient (Wildman–Crippen LogP) is 0.880. The van der Waals surface area contributed by atoms with Crippen LogP contribution in [-0.2, 0) is 4.74 Å². The van der Waals surface area contributed by atoms with Crippen molar-refractivity contribution in [1.82, 2.24) is 4.90 Å². The number of likely N-dealkylation sites (tertiary alicyclic amines) is 1. The molecule has 0 saturated carbocycles. The number of nitrogens with zero attached hydrogens (tertiary/aromatic N) is 2. The molecule has 0 aromatic heterocycles. The summed E-state index contributed by atoms with van der Waals surface area (Å²) in [6.45, 7) is 2.19. The van der Waals surface area contributed by atoms with Crippen LogP contribution in [0.1, 0.15) is 6.42 Å². The lowest BCUT2D eigenvalue weighted by Gasteiger charge is -2.29. The van der Waals surface area contributed by atoms with E-state index in [1.807, 2.05) is 0 Å². The highest BCUT2D eigenvalue weighted by Crippen LogP contribution is 2.23. The van der Waals surface area contributed by atoms with E-state index in [-0.39, 0.29) is 0 Å². The number of likely N-dealkylation sites (N-methyl/N-ethyl adjacent to an activating group) is 1. The van der Waals surface area contributed by atoms with Gasteiger partial charge >= 0.3 is 0 Å². The Morgan fingerprint density at radius 2 is 2.55 bits per heavy atom. The van der Waals surface area contributed by atoms with Crippen molar-refractivity contribution in [1.29, 1.82) is 0 Å². The zero-order chi connectivity index (χ0) is 7.84. The van der Waals surface area contributed by atoms with Gasteiger partial charge in [-0.15, -0.1) is 0 Å². The fourth-order valence-corrected chi connectivity index (χ4v) is 2.30. The molecule has 2 rings (SSSR count). The monoisotopic (exact) mass is 266 g/mol. The van der Waals surface area contributed by atoms with Gasteiger partial charge < -0.3 is 9.64 Å². The third kappa shape index (κ3) is 1.51. The molecular formula is C7H11IN2O. The largest absolute Gasteiger partial charge is 0.468 e. The molecule has 4 heteroatoms. The molecule has 11 heavy (non-hydrogen) atoms. The highest BCUT2D eigenvalue weighted by molar-refractivity contribution is 14.1. The third-order valence-corrected chi connectivity index (χ3v) is 2.77. The van der Waals surface area contributed by atoms with Gasteiger partial charge in [0.25, 0.3) is 0 Å². The second kappa shape index (κ2) is 2.90. The first-order valence-electron chi connectivity index (χ1n) is 3.84. The number of halogens is 1. The van der Waals surface area contributed by atoms with E-state index in [1.54, 1.807) is 0 Å². The minimum Gasteiger partial charge on any atom is -0.468 e. The zero-order valence-electron chi connectivity index (χ0n) is 6.46. The summed E-state index contributed by atoms with van der Waals surface area (Å²) in [6.07, 6.45) is 1.50. The Morgan fingerprint density at radius 1 is 1.73 bits per heavy atom. The molecule has 0 radical (unpaired) electrons. The van der Waals surface area contributed by atoms with E-state index in [4.69, 9.17) is 4.74 Å². The predicted molar refractivity (Wildman–Crippen MR) is 52.2 cm³/mol. The van der Waals surface area contributed by atoms with Gasteiger partial charge in [0.15, 0.2) is 0 Å². The number of hydrogen-bond acceptors (Lipinski definition) is 3. The first-order valence-corrected chi connectivity index (χ1v) is 4.92. The van der Waals surface area contributed by atoms with Crippen LogP contribution in [0.15, 0.2) is 4.99 Å². The SMILES string of the molecule is CN1CCC2OC(I)=NC2C1. The van der Waals surface area contributed by atoms with Crippen LogP contribution in [0.25, 0.3) is 0 Å². The maximum atomic E-state index is 5.52. The van der Waals surface area contributed by atoms with E-state index in [0.29, 0.717) is 12.1 Å². The van der Waals surface area contributed by atoms with Crippen LogP contribution in [0.3, 0.4) is 0 Å². The minimum absolute atomic E-state index is 0.373. The quantitative estimate of drug-likeness (QED) is 0.608. The van der Waals surface area contributed by atoms with Crippen molar-refractivity contribution >= 4 is 26.5 Å². The number of fused-ring (bicyclic) bond motifs is 1. The highest BCUT2D eigenvalue weighted by atomic mass is 127. The summed E-state index contributed by atoms with van der Waals surface area (Å²) in [5.74, 6) is 0. The van der Waals surface area contributed by atoms with Crippen LogP contribution in [0.2, 0.25) is 0 Å². The van der Waals surface area contributed by atoms with Gasteiger partial charge in [-0.3, -0.25) is 0 Å². The minimum atomic E-state index is 0.373. The normalized spacial score (nSPS) is 37.8. The van der Waals surface area contributed by atoms with Gasteiger partial charge in [-0.1, -0.05) is 0 Å². The van der Waals surface area contributed by atoms with Crippen molar-refractivity contribution in [3.05, 3.63) is 0 Å². The van der Waals surface area contributed by atoms with Crippen LogP contribution in [0, 0.1) is 0 Å². The van der Waals surface area contributed by atoms with Crippen molar-refractivity contribution < 1.29 is 4.74 Å². The number of ether oxygens (including phenoxy) is 1. The van der Waals surface area contributed by atoms with Gasteiger partial charge in [0.05, 0.1) is 0 Å². The smallest absolute Gasteiger partial charge is 0.248 e. The van der Waals surface area contributed by atoms with Crippen LogP contribution in [0.5, 0.6) is 0 Å². The average molecular weight is 266 g/mol. The van der Waals surface area contributed by atoms with Crippen LogP contribution in [-0.4, -0.2) is 41.1 Å². The molecule has 0 amide bonds. The molecule has 2 aliphatic rings. The first kappa shape index (κ1) is 7.79. The molecule has 0 bridgehead atoms. The fraction of sp³-hybridized carbons (Fsp3) is 0.857. The number of piperidine rings is 1. The van der Waals surface area contributed by atoms with Gasteiger partial charge in [-0.2, -0.15) is 0 Å². The molecular weight excluding hydrogens is 255 g/mol. The first-order chi connectivity index (χ1) is 5.25. The highest BCUT2D eigenvalue weighted by Gasteiger charge is 2.33. The van der Waals surface area contributed by atoms with E-state index in [2.05, 4.69) is 39.5 Å². The Balaban J connectivity index is 2.05. The summed E-state index contributed by atoms with van der Waals surface area (Å²) in [7, 11) is 2.14. The third-order valence-electron chi connectivity index (χ3n) is 2.24. The Morgan fingerprint density at radius 3 is 3.36 bits per heavy atom. The van der Waals surface area contributed by atoms with Gasteiger partial charge in [-0.25, -0.2) is 4.99 Å². The summed E-state index contributed by atoms with van der Waals surface area (Å²) in [5, 5.41) is 0. The molecule has 2 heterocycles. The second-order valence-electron chi connectivity index (χ2n) is 3.16. The van der Waals surface area contributed by atoms with Crippen LogP contribution >= 0.6 is 22.6 Å². The Labute approximate surface area is 79.9 Å². The van der Waals surface area contributed by atoms with Crippen molar-refractivity contribution in [3.8, 4) is 0 Å². The molecule has 0 aliphatic carbocycles. The molecule has 0 spiro atoms. The standard InChI is InChI=1S/C7H11IN2O/c1-10-3-2-6-5(4-10)9-7(8)11-6/h5-6H,2-4H2,1H3. The zero-order valence-corrected chi connectivity index (χ0v) is 8.61. The molecule has 2 atom stereocenters. The van der Waals surface area contributed by atoms with Gasteiger partial charge in [0.2, 0.25) is 3.90 Å². The Kier molecular flexibility index (Phi) is 2.05. The number of hydrogen-bond donors (Lipinski definition) is 0. The van der Waals surface area contributed by atoms with Crippen molar-refractivity contribution in [2.45, 2.75) is 18.6 Å². The van der Waals surface area contributed by atoms with Crippen LogP contribution in [0.4, 0.5) is 0 Å². The number of aliphatic imine (C=N–C) groups is 1. The summed E-state index contributed by atoms with van der Waals surface area (Å²) in [6, 6.07) is 0.403. The van der Waals surface area contributed by atoms with Crippen molar-refractivity contribution in [3.63, 3.8) is 0 Å². The molecule has 2 aliphatic heterocycles. The Bertz CT molecular complexity index is 195. The lowest BCUT2D eigenvalue weighted by molar-refractivity contribution is 0.113. The van der Waals surface area contributed by atoms with Crippen molar-refractivity contribution in [2.24, 2.45) is 4.99 Å². The van der Waals surface area contributed by atoms with Gasteiger partial charge in [-0.05, 0) is 13.5 Å². The van der Waals surface area contributed by atoms with E-state index >= 15 is 0 Å². The molecule has 0 aromatic rings.